The molecule has 19 heavy (non-hydrogen) atoms. The third-order valence-electron chi connectivity index (χ3n) is 3.31. The molecule has 1 unspecified atom stereocenters. The molecule has 0 aliphatic heterocycles. The predicted molar refractivity (Wildman–Crippen MR) is 77.8 cm³/mol. The van der Waals surface area contributed by atoms with Crippen molar-refractivity contribution in [3.8, 4) is 0 Å². The average molecular weight is 268 g/mol. The summed E-state index contributed by atoms with van der Waals surface area (Å²) in [6.45, 7) is 8.77. The largest absolute Gasteiger partial charge is 0.382 e. The molecule has 5 heteroatoms. The van der Waals surface area contributed by atoms with Crippen LogP contribution in [0.4, 0.5) is 0 Å². The van der Waals surface area contributed by atoms with Crippen molar-refractivity contribution in [2.75, 3.05) is 13.2 Å². The molecule has 1 aromatic rings. The monoisotopic (exact) mass is 268 g/mol. The van der Waals surface area contributed by atoms with E-state index >= 15 is 0 Å². The molecule has 0 bridgehead atoms. The fraction of sp³-hybridized carbons (Fsp3) is 0.786. The number of ether oxygens (including phenoxy) is 1. The van der Waals surface area contributed by atoms with Gasteiger partial charge in [0.2, 0.25) is 0 Å². The molecular formula is C14H28N4O. The van der Waals surface area contributed by atoms with Crippen molar-refractivity contribution in [2.45, 2.75) is 59.0 Å². The van der Waals surface area contributed by atoms with Crippen molar-refractivity contribution in [2.24, 2.45) is 5.84 Å². The van der Waals surface area contributed by atoms with Crippen LogP contribution in [0.1, 0.15) is 45.0 Å². The maximum absolute atomic E-state index is 5.65. The van der Waals surface area contributed by atoms with Gasteiger partial charge in [-0.1, -0.05) is 6.92 Å². The van der Waals surface area contributed by atoms with E-state index in [-0.39, 0.29) is 6.04 Å². The highest BCUT2D eigenvalue weighted by atomic mass is 16.5. The summed E-state index contributed by atoms with van der Waals surface area (Å²) in [6.07, 6.45) is 3.95. The molecule has 1 aromatic heterocycles. The molecule has 1 atom stereocenters. The van der Waals surface area contributed by atoms with E-state index in [2.05, 4.69) is 35.1 Å². The van der Waals surface area contributed by atoms with Crippen molar-refractivity contribution >= 4 is 0 Å². The molecule has 3 N–H and O–H groups in total. The van der Waals surface area contributed by atoms with Crippen LogP contribution in [-0.2, 0) is 24.1 Å². The van der Waals surface area contributed by atoms with Crippen LogP contribution in [0.25, 0.3) is 0 Å². The van der Waals surface area contributed by atoms with Gasteiger partial charge in [0.05, 0.1) is 5.69 Å². The molecule has 0 radical (unpaired) electrons. The molecule has 0 saturated carbocycles. The fourth-order valence-corrected chi connectivity index (χ4v) is 2.20. The third-order valence-corrected chi connectivity index (χ3v) is 3.31. The zero-order chi connectivity index (χ0) is 14.1. The number of aromatic nitrogens is 2. The van der Waals surface area contributed by atoms with E-state index in [0.29, 0.717) is 0 Å². The zero-order valence-corrected chi connectivity index (χ0v) is 12.5. The number of rotatable bonds is 10. The van der Waals surface area contributed by atoms with E-state index in [4.69, 9.17) is 10.6 Å². The Hall–Kier alpha value is -0.910. The summed E-state index contributed by atoms with van der Waals surface area (Å²) in [4.78, 5) is 0. The minimum absolute atomic E-state index is 0.284. The number of nitrogens with one attached hydrogen (secondary N) is 1. The average Bonchev–Trinajstić information content (AvgIpc) is 2.84. The number of nitrogens with zero attached hydrogens (tertiary/aromatic N) is 2. The van der Waals surface area contributed by atoms with Crippen molar-refractivity contribution in [3.63, 3.8) is 0 Å². The molecule has 0 spiro atoms. The Bertz CT molecular complexity index is 351. The Balaban J connectivity index is 2.52. The first-order valence-corrected chi connectivity index (χ1v) is 7.34. The second-order valence-corrected chi connectivity index (χ2v) is 4.70. The highest BCUT2D eigenvalue weighted by Crippen LogP contribution is 2.11. The number of hydrogen-bond acceptors (Lipinski definition) is 4. The van der Waals surface area contributed by atoms with Crippen LogP contribution < -0.4 is 11.3 Å². The second kappa shape index (κ2) is 9.07. The second-order valence-electron chi connectivity index (χ2n) is 4.70. The summed E-state index contributed by atoms with van der Waals surface area (Å²) in [7, 11) is 0. The summed E-state index contributed by atoms with van der Waals surface area (Å²) in [5.74, 6) is 5.65. The molecule has 0 aromatic carbocycles. The lowest BCUT2D eigenvalue weighted by Gasteiger charge is -2.16. The van der Waals surface area contributed by atoms with Gasteiger partial charge < -0.3 is 4.74 Å². The van der Waals surface area contributed by atoms with E-state index in [1.165, 1.54) is 5.69 Å². The Labute approximate surface area is 116 Å². The highest BCUT2D eigenvalue weighted by molar-refractivity contribution is 5.11. The number of hydrogen-bond donors (Lipinski definition) is 2. The minimum atomic E-state index is 0.284. The Morgan fingerprint density at radius 3 is 2.79 bits per heavy atom. The van der Waals surface area contributed by atoms with Crippen LogP contribution in [0.5, 0.6) is 0 Å². The zero-order valence-electron chi connectivity index (χ0n) is 12.5. The molecule has 0 amide bonds. The van der Waals surface area contributed by atoms with Crippen molar-refractivity contribution in [1.82, 2.24) is 15.2 Å². The predicted octanol–water partition coefficient (Wildman–Crippen LogP) is 1.66. The van der Waals surface area contributed by atoms with Crippen LogP contribution in [0.15, 0.2) is 6.07 Å². The van der Waals surface area contributed by atoms with E-state index < -0.39 is 0 Å². The third kappa shape index (κ3) is 5.30. The Kier molecular flexibility index (Phi) is 7.70. The maximum atomic E-state index is 5.65. The van der Waals surface area contributed by atoms with Crippen LogP contribution in [-0.4, -0.2) is 29.0 Å². The SMILES string of the molecule is CCOCCCC(Cc1cc(CC)nn1CC)NN. The normalized spacial score (nSPS) is 12.8. The summed E-state index contributed by atoms with van der Waals surface area (Å²) in [5, 5.41) is 4.57. The van der Waals surface area contributed by atoms with E-state index in [0.717, 1.165) is 51.1 Å². The first kappa shape index (κ1) is 16.1. The quantitative estimate of drug-likeness (QED) is 0.385. The van der Waals surface area contributed by atoms with Crippen molar-refractivity contribution in [1.29, 1.82) is 0 Å². The first-order valence-electron chi connectivity index (χ1n) is 7.34. The Morgan fingerprint density at radius 1 is 1.42 bits per heavy atom. The topological polar surface area (TPSA) is 65.1 Å². The summed E-state index contributed by atoms with van der Waals surface area (Å²) >= 11 is 0. The Morgan fingerprint density at radius 2 is 2.21 bits per heavy atom. The molecular weight excluding hydrogens is 240 g/mol. The van der Waals surface area contributed by atoms with Crippen molar-refractivity contribution < 1.29 is 4.74 Å². The van der Waals surface area contributed by atoms with Gasteiger partial charge in [0.1, 0.15) is 0 Å². The van der Waals surface area contributed by atoms with E-state index in [9.17, 15) is 0 Å². The summed E-state index contributed by atoms with van der Waals surface area (Å²) in [5.41, 5.74) is 5.33. The van der Waals surface area contributed by atoms with Gasteiger partial charge in [0.25, 0.3) is 0 Å². The van der Waals surface area contributed by atoms with Gasteiger partial charge in [0.15, 0.2) is 0 Å². The van der Waals surface area contributed by atoms with Gasteiger partial charge in [-0.2, -0.15) is 5.10 Å². The van der Waals surface area contributed by atoms with Gasteiger partial charge in [-0.05, 0) is 39.2 Å². The van der Waals surface area contributed by atoms with E-state index in [1.807, 2.05) is 6.92 Å². The number of nitrogens with two attached hydrogens (primary N) is 1. The highest BCUT2D eigenvalue weighted by Gasteiger charge is 2.12. The molecule has 0 aliphatic carbocycles. The molecule has 5 nitrogen and oxygen atoms in total. The van der Waals surface area contributed by atoms with Crippen LogP contribution in [0.2, 0.25) is 0 Å². The van der Waals surface area contributed by atoms with Gasteiger partial charge in [-0.3, -0.25) is 16.0 Å². The minimum Gasteiger partial charge on any atom is -0.382 e. The number of aryl methyl sites for hydroxylation is 2. The van der Waals surface area contributed by atoms with Crippen LogP contribution in [0, 0.1) is 0 Å². The smallest absolute Gasteiger partial charge is 0.0624 e. The first-order chi connectivity index (χ1) is 9.24. The molecule has 1 heterocycles. The fourth-order valence-electron chi connectivity index (χ4n) is 2.20. The maximum Gasteiger partial charge on any atom is 0.0624 e. The van der Waals surface area contributed by atoms with Gasteiger partial charge in [-0.15, -0.1) is 0 Å². The number of hydrazine groups is 1. The van der Waals surface area contributed by atoms with Gasteiger partial charge in [-0.25, -0.2) is 0 Å². The van der Waals surface area contributed by atoms with Crippen LogP contribution in [0.3, 0.4) is 0 Å². The lowest BCUT2D eigenvalue weighted by Crippen LogP contribution is -2.37. The van der Waals surface area contributed by atoms with E-state index in [1.54, 1.807) is 0 Å². The van der Waals surface area contributed by atoms with Gasteiger partial charge >= 0.3 is 0 Å². The molecule has 0 aliphatic rings. The van der Waals surface area contributed by atoms with Crippen LogP contribution >= 0.6 is 0 Å². The molecule has 0 fully saturated rings. The standard InChI is InChI=1S/C14H28N4O/c1-4-12-10-14(18(5-2)17-12)11-13(16-15)8-7-9-19-6-3/h10,13,16H,4-9,11,15H2,1-3H3. The lowest BCUT2D eigenvalue weighted by molar-refractivity contribution is 0.140. The molecule has 0 saturated heterocycles. The summed E-state index contributed by atoms with van der Waals surface area (Å²) < 4.78 is 7.43. The summed E-state index contributed by atoms with van der Waals surface area (Å²) in [6, 6.07) is 2.48. The molecule has 1 rings (SSSR count). The van der Waals surface area contributed by atoms with Crippen molar-refractivity contribution in [3.05, 3.63) is 17.5 Å². The molecule has 110 valence electrons. The lowest BCUT2D eigenvalue weighted by atomic mass is 10.1. The van der Waals surface area contributed by atoms with Gasteiger partial charge in [0, 0.05) is 37.9 Å².